The first-order valence-corrected chi connectivity index (χ1v) is 9.36. The van der Waals surface area contributed by atoms with Crippen molar-refractivity contribution in [1.82, 2.24) is 10.3 Å². The Balaban J connectivity index is 2.72. The van der Waals surface area contributed by atoms with Gasteiger partial charge >= 0.3 is 0 Å². The molecule has 1 aromatic rings. The normalized spacial score (nSPS) is 15.5. The molecule has 2 N–H and O–H groups in total. The maximum absolute atomic E-state index is 6.11. The highest BCUT2D eigenvalue weighted by molar-refractivity contribution is 6.30. The van der Waals surface area contributed by atoms with Gasteiger partial charge in [0.2, 0.25) is 0 Å². The van der Waals surface area contributed by atoms with Crippen molar-refractivity contribution in [2.45, 2.75) is 39.9 Å². The highest BCUT2D eigenvalue weighted by Crippen LogP contribution is 2.22. The van der Waals surface area contributed by atoms with Crippen LogP contribution in [0.15, 0.2) is 58.9 Å². The van der Waals surface area contributed by atoms with Crippen LogP contribution < -0.4 is 10.6 Å². The second-order valence-electron chi connectivity index (χ2n) is 6.56. The van der Waals surface area contributed by atoms with E-state index in [4.69, 9.17) is 11.6 Å². The standard InChI is InChI=1S/C20H32ClN5/c1-7-12-22-17(5)24-25-26(6)14-16(4)20(15(3)8-2)23-19-11-9-10-18(21)13-19/h7-11,13,16-17,20,22-23H,1,12,14H2,2-6H3/b15-8+,25-24-/t16-,17?,20?/m1/s1. The van der Waals surface area contributed by atoms with Crippen LogP contribution in [0.25, 0.3) is 0 Å². The molecule has 26 heavy (non-hydrogen) atoms. The number of rotatable bonds is 11. The highest BCUT2D eigenvalue weighted by Gasteiger charge is 2.20. The number of benzene rings is 1. The summed E-state index contributed by atoms with van der Waals surface area (Å²) < 4.78 is 0. The lowest BCUT2D eigenvalue weighted by molar-refractivity contribution is 0.263. The van der Waals surface area contributed by atoms with Crippen molar-refractivity contribution in [3.05, 3.63) is 53.6 Å². The Morgan fingerprint density at radius 2 is 2.12 bits per heavy atom. The molecule has 6 heteroatoms. The lowest BCUT2D eigenvalue weighted by Gasteiger charge is -2.29. The van der Waals surface area contributed by atoms with Gasteiger partial charge in [0.15, 0.2) is 0 Å². The van der Waals surface area contributed by atoms with Crippen LogP contribution in [0.3, 0.4) is 0 Å². The zero-order valence-electron chi connectivity index (χ0n) is 16.5. The second-order valence-corrected chi connectivity index (χ2v) is 7.00. The maximum atomic E-state index is 6.11. The molecule has 0 aromatic heterocycles. The van der Waals surface area contributed by atoms with E-state index in [2.05, 4.69) is 54.4 Å². The number of nitrogens with one attached hydrogen (secondary N) is 2. The number of nitrogens with zero attached hydrogens (tertiary/aromatic N) is 3. The highest BCUT2D eigenvalue weighted by atomic mass is 35.5. The van der Waals surface area contributed by atoms with E-state index in [1.54, 1.807) is 0 Å². The Labute approximate surface area is 163 Å². The number of hydrogen-bond donors (Lipinski definition) is 2. The quantitative estimate of drug-likeness (QED) is 0.319. The monoisotopic (exact) mass is 377 g/mol. The van der Waals surface area contributed by atoms with E-state index in [0.717, 1.165) is 17.3 Å². The number of anilines is 1. The van der Waals surface area contributed by atoms with E-state index in [1.165, 1.54) is 5.57 Å². The van der Waals surface area contributed by atoms with Crippen LogP contribution in [0, 0.1) is 5.92 Å². The summed E-state index contributed by atoms with van der Waals surface area (Å²) in [5.74, 6) is 0.325. The number of allylic oxidation sites excluding steroid dienone is 1. The third-order valence-electron chi connectivity index (χ3n) is 4.15. The third kappa shape index (κ3) is 8.02. The van der Waals surface area contributed by atoms with Gasteiger partial charge in [-0.1, -0.05) is 47.5 Å². The summed E-state index contributed by atoms with van der Waals surface area (Å²) in [4.78, 5) is 0. The Kier molecular flexibility index (Phi) is 9.99. The fourth-order valence-corrected chi connectivity index (χ4v) is 2.85. The summed E-state index contributed by atoms with van der Waals surface area (Å²) in [5, 5.41) is 18.0. The van der Waals surface area contributed by atoms with Crippen LogP contribution in [0.4, 0.5) is 5.69 Å². The summed E-state index contributed by atoms with van der Waals surface area (Å²) in [5.41, 5.74) is 2.30. The SMILES string of the molecule is C=CCNC(C)/N=N\N(C)C[C@@H](C)C(Nc1cccc(Cl)c1)/C(C)=C/C. The molecule has 0 radical (unpaired) electrons. The predicted octanol–water partition coefficient (Wildman–Crippen LogP) is 5.14. The molecule has 0 aliphatic carbocycles. The van der Waals surface area contributed by atoms with Crippen LogP contribution >= 0.6 is 11.6 Å². The average Bonchev–Trinajstić information content (AvgIpc) is 2.62. The fraction of sp³-hybridized carbons (Fsp3) is 0.500. The predicted molar refractivity (Wildman–Crippen MR) is 113 cm³/mol. The molecule has 1 aromatic carbocycles. The molecule has 0 aliphatic heterocycles. The van der Waals surface area contributed by atoms with Crippen LogP contribution in [0.2, 0.25) is 5.02 Å². The van der Waals surface area contributed by atoms with E-state index >= 15 is 0 Å². The Bertz CT molecular complexity index is 614. The van der Waals surface area contributed by atoms with Crippen molar-refractivity contribution < 1.29 is 0 Å². The Morgan fingerprint density at radius 3 is 2.73 bits per heavy atom. The molecular formula is C20H32ClN5. The fourth-order valence-electron chi connectivity index (χ4n) is 2.66. The van der Waals surface area contributed by atoms with Crippen LogP contribution in [0.1, 0.15) is 27.7 Å². The minimum atomic E-state index is -0.0385. The smallest absolute Gasteiger partial charge is 0.120 e. The molecule has 144 valence electrons. The van der Waals surface area contributed by atoms with Crippen molar-refractivity contribution in [1.29, 1.82) is 0 Å². The zero-order chi connectivity index (χ0) is 19.5. The van der Waals surface area contributed by atoms with Gasteiger partial charge in [-0.3, -0.25) is 10.3 Å². The van der Waals surface area contributed by atoms with Crippen LogP contribution in [-0.4, -0.2) is 37.4 Å². The third-order valence-corrected chi connectivity index (χ3v) is 4.38. The molecule has 5 nitrogen and oxygen atoms in total. The van der Waals surface area contributed by atoms with Gasteiger partial charge in [-0.2, -0.15) is 5.11 Å². The van der Waals surface area contributed by atoms with Crippen molar-refractivity contribution >= 4 is 17.3 Å². The molecule has 0 amide bonds. The van der Waals surface area contributed by atoms with E-state index in [0.29, 0.717) is 12.5 Å². The summed E-state index contributed by atoms with van der Waals surface area (Å²) in [6, 6.07) is 8.00. The van der Waals surface area contributed by atoms with Gasteiger partial charge in [-0.05, 0) is 44.9 Å². The molecule has 0 fully saturated rings. The molecule has 3 atom stereocenters. The molecule has 0 bridgehead atoms. The van der Waals surface area contributed by atoms with E-state index in [-0.39, 0.29) is 12.2 Å². The van der Waals surface area contributed by atoms with Gasteiger partial charge in [0.25, 0.3) is 0 Å². The van der Waals surface area contributed by atoms with E-state index < -0.39 is 0 Å². The molecule has 0 aliphatic rings. The van der Waals surface area contributed by atoms with Crippen molar-refractivity contribution in [3.8, 4) is 0 Å². The molecule has 1 rings (SSSR count). The van der Waals surface area contributed by atoms with Crippen molar-refractivity contribution in [2.24, 2.45) is 16.3 Å². The first-order chi connectivity index (χ1) is 12.4. The molecule has 0 saturated carbocycles. The second kappa shape index (κ2) is 11.7. The summed E-state index contributed by atoms with van der Waals surface area (Å²) in [6.07, 6.45) is 3.91. The topological polar surface area (TPSA) is 52.0 Å². The molecule has 2 unspecified atom stereocenters. The van der Waals surface area contributed by atoms with Gasteiger partial charge in [-0.15, -0.1) is 6.58 Å². The van der Waals surface area contributed by atoms with Gasteiger partial charge in [-0.25, -0.2) is 0 Å². The lowest BCUT2D eigenvalue weighted by atomic mass is 9.94. The van der Waals surface area contributed by atoms with Crippen molar-refractivity contribution in [2.75, 3.05) is 25.5 Å². The molecule has 0 heterocycles. The van der Waals surface area contributed by atoms with Crippen LogP contribution in [-0.2, 0) is 0 Å². The van der Waals surface area contributed by atoms with Gasteiger partial charge in [0.1, 0.15) is 6.17 Å². The number of halogens is 1. The largest absolute Gasteiger partial charge is 0.378 e. The summed E-state index contributed by atoms with van der Waals surface area (Å²) in [7, 11) is 1.95. The van der Waals surface area contributed by atoms with Gasteiger partial charge in [0.05, 0.1) is 6.04 Å². The first kappa shape index (κ1) is 22.2. The summed E-state index contributed by atoms with van der Waals surface area (Å²) in [6.45, 7) is 13.6. The molecule has 0 spiro atoms. The van der Waals surface area contributed by atoms with Gasteiger partial charge < -0.3 is 5.32 Å². The minimum absolute atomic E-state index is 0.0385. The van der Waals surface area contributed by atoms with Crippen molar-refractivity contribution in [3.63, 3.8) is 0 Å². The average molecular weight is 378 g/mol. The Morgan fingerprint density at radius 1 is 1.38 bits per heavy atom. The molecular weight excluding hydrogens is 346 g/mol. The van der Waals surface area contributed by atoms with Gasteiger partial charge in [0, 0.05) is 30.8 Å². The first-order valence-electron chi connectivity index (χ1n) is 8.98. The molecule has 0 saturated heterocycles. The number of hydrogen-bond acceptors (Lipinski definition) is 4. The van der Waals surface area contributed by atoms with E-state index in [9.17, 15) is 0 Å². The maximum Gasteiger partial charge on any atom is 0.120 e. The Hall–Kier alpha value is -1.85. The summed E-state index contributed by atoms with van der Waals surface area (Å²) >= 11 is 6.11. The van der Waals surface area contributed by atoms with Crippen LogP contribution in [0.5, 0.6) is 0 Å². The zero-order valence-corrected chi connectivity index (χ0v) is 17.3. The minimum Gasteiger partial charge on any atom is -0.378 e. The van der Waals surface area contributed by atoms with E-state index in [1.807, 2.05) is 49.3 Å². The lowest BCUT2D eigenvalue weighted by Crippen LogP contribution is -2.35.